The summed E-state index contributed by atoms with van der Waals surface area (Å²) in [5.74, 6) is 0.825. The second kappa shape index (κ2) is 10.7. The zero-order valence-corrected chi connectivity index (χ0v) is 13.4. The fourth-order valence-electron chi connectivity index (χ4n) is 1.26. The number of halogens is 1. The molecule has 0 spiro atoms. The van der Waals surface area contributed by atoms with Gasteiger partial charge in [0.25, 0.3) is 0 Å². The van der Waals surface area contributed by atoms with Crippen molar-refractivity contribution in [1.29, 1.82) is 0 Å². The second-order valence-corrected chi connectivity index (χ2v) is 9.67. The standard InChI is InChI=1S/C10H23FNO2PS2/c1-4-12(8-7-11)9-10-17-15(16,13-5-2)14-6-3/h4-10H2,1-3H3. The first-order valence-corrected chi connectivity index (χ1v) is 10.2. The Balaban J connectivity index is 3.99. The van der Waals surface area contributed by atoms with Crippen molar-refractivity contribution < 1.29 is 13.4 Å². The van der Waals surface area contributed by atoms with Gasteiger partial charge in [0.05, 0.1) is 13.2 Å². The Morgan fingerprint density at radius 3 is 2.18 bits per heavy atom. The summed E-state index contributed by atoms with van der Waals surface area (Å²) in [6.45, 7) is 8.89. The van der Waals surface area contributed by atoms with Gasteiger partial charge in [-0.05, 0) is 32.2 Å². The number of rotatable bonds is 11. The van der Waals surface area contributed by atoms with Crippen LogP contribution in [0.2, 0.25) is 0 Å². The highest BCUT2D eigenvalue weighted by Gasteiger charge is 2.18. The van der Waals surface area contributed by atoms with Crippen LogP contribution in [0.1, 0.15) is 20.8 Å². The molecule has 104 valence electrons. The van der Waals surface area contributed by atoms with Crippen LogP contribution in [0.25, 0.3) is 0 Å². The molecule has 0 aliphatic heterocycles. The highest BCUT2D eigenvalue weighted by atomic mass is 32.9. The highest BCUT2D eigenvalue weighted by Crippen LogP contribution is 2.60. The molecule has 0 saturated carbocycles. The van der Waals surface area contributed by atoms with Crippen LogP contribution in [0, 0.1) is 0 Å². The minimum absolute atomic E-state index is 0.302. The van der Waals surface area contributed by atoms with Crippen LogP contribution in [-0.2, 0) is 20.9 Å². The van der Waals surface area contributed by atoms with Crippen molar-refractivity contribution in [1.82, 2.24) is 4.90 Å². The van der Waals surface area contributed by atoms with E-state index in [1.54, 1.807) is 11.4 Å². The molecule has 0 saturated heterocycles. The molecule has 0 unspecified atom stereocenters. The van der Waals surface area contributed by atoms with Crippen LogP contribution < -0.4 is 0 Å². The summed E-state index contributed by atoms with van der Waals surface area (Å²) in [5, 5.41) is 0. The van der Waals surface area contributed by atoms with Crippen molar-refractivity contribution in [3.05, 3.63) is 0 Å². The fourth-order valence-corrected chi connectivity index (χ4v) is 5.98. The Morgan fingerprint density at radius 2 is 1.76 bits per heavy atom. The van der Waals surface area contributed by atoms with Gasteiger partial charge in [-0.2, -0.15) is 0 Å². The Kier molecular flexibility index (Phi) is 11.2. The minimum Gasteiger partial charge on any atom is -0.322 e. The van der Waals surface area contributed by atoms with E-state index in [1.165, 1.54) is 0 Å². The topological polar surface area (TPSA) is 21.7 Å². The van der Waals surface area contributed by atoms with Crippen LogP contribution in [0.4, 0.5) is 4.39 Å². The second-order valence-electron chi connectivity index (χ2n) is 3.24. The lowest BCUT2D eigenvalue weighted by Gasteiger charge is -2.22. The maximum atomic E-state index is 12.2. The molecule has 0 atom stereocenters. The lowest BCUT2D eigenvalue weighted by molar-refractivity contribution is 0.272. The van der Waals surface area contributed by atoms with Crippen LogP contribution >= 0.6 is 17.1 Å². The third-order valence-electron chi connectivity index (χ3n) is 2.08. The molecule has 0 aromatic heterocycles. The first-order valence-electron chi connectivity index (χ1n) is 5.93. The molecule has 0 heterocycles. The van der Waals surface area contributed by atoms with Gasteiger partial charge in [-0.25, -0.2) is 4.39 Å². The van der Waals surface area contributed by atoms with Crippen LogP contribution in [0.5, 0.6) is 0 Å². The molecule has 0 aliphatic rings. The number of hydrogen-bond acceptors (Lipinski definition) is 5. The van der Waals surface area contributed by atoms with Crippen molar-refractivity contribution in [2.75, 3.05) is 45.3 Å². The fraction of sp³-hybridized carbons (Fsp3) is 1.00. The predicted octanol–water partition coefficient (Wildman–Crippen LogP) is 3.31. The summed E-state index contributed by atoms with van der Waals surface area (Å²) in [6, 6.07) is 0. The van der Waals surface area contributed by atoms with E-state index < -0.39 is 5.69 Å². The smallest absolute Gasteiger partial charge is 0.247 e. The summed E-state index contributed by atoms with van der Waals surface area (Å²) in [4.78, 5) is 2.06. The van der Waals surface area contributed by atoms with Gasteiger partial charge in [0.2, 0.25) is 5.69 Å². The van der Waals surface area contributed by atoms with Crippen molar-refractivity contribution in [2.45, 2.75) is 20.8 Å². The molecule has 0 fully saturated rings. The summed E-state index contributed by atoms with van der Waals surface area (Å²) in [6.07, 6.45) is 0. The normalized spacial score (nSPS) is 12.3. The van der Waals surface area contributed by atoms with Gasteiger partial charge >= 0.3 is 0 Å². The zero-order valence-electron chi connectivity index (χ0n) is 10.9. The van der Waals surface area contributed by atoms with E-state index in [0.29, 0.717) is 19.8 Å². The van der Waals surface area contributed by atoms with Gasteiger partial charge in [0, 0.05) is 18.8 Å². The average Bonchev–Trinajstić information content (AvgIpc) is 2.28. The van der Waals surface area contributed by atoms with Gasteiger partial charge in [-0.3, -0.25) is 0 Å². The molecule has 0 aliphatic carbocycles. The Bertz CT molecular complexity index is 224. The van der Waals surface area contributed by atoms with E-state index in [4.69, 9.17) is 20.9 Å². The Labute approximate surface area is 113 Å². The largest absolute Gasteiger partial charge is 0.322 e. The summed E-state index contributed by atoms with van der Waals surface area (Å²) >= 11 is 6.95. The number of hydrogen-bond donors (Lipinski definition) is 0. The first kappa shape index (κ1) is 17.8. The summed E-state index contributed by atoms with van der Waals surface area (Å²) in [5.41, 5.74) is -2.18. The Hall–Kier alpha value is 0.810. The quantitative estimate of drug-likeness (QED) is 0.545. The zero-order chi connectivity index (χ0) is 13.1. The van der Waals surface area contributed by atoms with Crippen LogP contribution in [0.3, 0.4) is 0 Å². The lowest BCUT2D eigenvalue weighted by atomic mass is 10.5. The van der Waals surface area contributed by atoms with Gasteiger partial charge in [-0.15, -0.1) is 0 Å². The number of nitrogens with zero attached hydrogens (tertiary/aromatic N) is 1. The average molecular weight is 303 g/mol. The molecular formula is C10H23FNO2PS2. The van der Waals surface area contributed by atoms with Gasteiger partial charge in [0.1, 0.15) is 6.67 Å². The van der Waals surface area contributed by atoms with Gasteiger partial charge < -0.3 is 13.9 Å². The third-order valence-corrected chi connectivity index (χ3v) is 7.62. The minimum atomic E-state index is -2.18. The van der Waals surface area contributed by atoms with E-state index in [2.05, 4.69) is 4.90 Å². The van der Waals surface area contributed by atoms with E-state index in [9.17, 15) is 4.39 Å². The maximum absolute atomic E-state index is 12.2. The van der Waals surface area contributed by atoms with E-state index in [1.807, 2.05) is 20.8 Å². The summed E-state index contributed by atoms with van der Waals surface area (Å²) in [7, 11) is 0. The molecule has 0 radical (unpaired) electrons. The molecule has 0 aromatic rings. The van der Waals surface area contributed by atoms with Gasteiger partial charge in [-0.1, -0.05) is 18.3 Å². The van der Waals surface area contributed by atoms with Crippen LogP contribution in [-0.4, -0.2) is 50.2 Å². The first-order chi connectivity index (χ1) is 8.11. The van der Waals surface area contributed by atoms with Crippen molar-refractivity contribution in [3.63, 3.8) is 0 Å². The molecular weight excluding hydrogens is 280 g/mol. The molecule has 0 amide bonds. The molecule has 0 N–H and O–H groups in total. The molecule has 3 nitrogen and oxygen atoms in total. The van der Waals surface area contributed by atoms with E-state index >= 15 is 0 Å². The summed E-state index contributed by atoms with van der Waals surface area (Å²) < 4.78 is 23.3. The Morgan fingerprint density at radius 1 is 1.18 bits per heavy atom. The van der Waals surface area contributed by atoms with Crippen molar-refractivity contribution in [3.8, 4) is 0 Å². The molecule has 0 aromatic carbocycles. The molecule has 0 rings (SSSR count). The lowest BCUT2D eigenvalue weighted by Crippen LogP contribution is -2.28. The van der Waals surface area contributed by atoms with Crippen molar-refractivity contribution >= 4 is 28.9 Å². The number of alkyl halides is 1. The molecule has 0 bridgehead atoms. The van der Waals surface area contributed by atoms with E-state index in [-0.39, 0.29) is 6.67 Å². The van der Waals surface area contributed by atoms with Gasteiger partial charge in [0.15, 0.2) is 0 Å². The monoisotopic (exact) mass is 303 g/mol. The highest BCUT2D eigenvalue weighted by molar-refractivity contribution is 8.67. The van der Waals surface area contributed by atoms with E-state index in [0.717, 1.165) is 18.8 Å². The predicted molar refractivity (Wildman–Crippen MR) is 78.1 cm³/mol. The molecule has 7 heteroatoms. The molecule has 17 heavy (non-hydrogen) atoms. The van der Waals surface area contributed by atoms with Crippen LogP contribution in [0.15, 0.2) is 0 Å². The van der Waals surface area contributed by atoms with Crippen molar-refractivity contribution in [2.24, 2.45) is 0 Å². The SMILES string of the molecule is CCOP(=S)(OCC)SCCN(CC)CCF. The third kappa shape index (κ3) is 8.51. The maximum Gasteiger partial charge on any atom is 0.247 e.